The van der Waals surface area contributed by atoms with Gasteiger partial charge in [0.2, 0.25) is 5.91 Å². The van der Waals surface area contributed by atoms with Gasteiger partial charge in [-0.05, 0) is 76.5 Å². The number of fused-ring (bicyclic) bond motifs is 5. The molecule has 184 valence electrons. The summed E-state index contributed by atoms with van der Waals surface area (Å²) in [6.45, 7) is 5.13. The normalized spacial score (nSPS) is 20.6. The quantitative estimate of drug-likeness (QED) is 0.552. The lowest BCUT2D eigenvalue weighted by Crippen LogP contribution is -2.47. The van der Waals surface area contributed by atoms with Gasteiger partial charge in [-0.15, -0.1) is 11.3 Å². The Morgan fingerprint density at radius 2 is 1.97 bits per heavy atom. The molecule has 1 fully saturated rings. The van der Waals surface area contributed by atoms with Gasteiger partial charge in [-0.3, -0.25) is 9.59 Å². The maximum atomic E-state index is 14.2. The molecule has 1 aliphatic heterocycles. The Labute approximate surface area is 206 Å². The average Bonchev–Trinajstić information content (AvgIpc) is 3.43. The maximum absolute atomic E-state index is 14.2. The highest BCUT2D eigenvalue weighted by Crippen LogP contribution is 2.42. The van der Waals surface area contributed by atoms with E-state index in [2.05, 4.69) is 9.88 Å². The molecule has 0 saturated heterocycles. The number of aromatic nitrogens is 1. The molecule has 1 atom stereocenters. The lowest BCUT2D eigenvalue weighted by Gasteiger charge is -2.32. The number of thiophene rings is 1. The fourth-order valence-corrected chi connectivity index (χ4v) is 7.14. The molecular weight excluding hydrogens is 446 g/mol. The Morgan fingerprint density at radius 3 is 2.76 bits per heavy atom. The monoisotopic (exact) mass is 483 g/mol. The molecule has 1 N–H and O–H groups in total. The van der Waals surface area contributed by atoms with Crippen LogP contribution in [0.25, 0.3) is 5.00 Å². The van der Waals surface area contributed by atoms with Crippen LogP contribution in [0.3, 0.4) is 0 Å². The molecule has 2 amide bonds. The van der Waals surface area contributed by atoms with E-state index in [1.54, 1.807) is 11.3 Å². The molecular formula is C27H37N3O3S. The van der Waals surface area contributed by atoms with E-state index in [0.717, 1.165) is 61.2 Å². The molecule has 34 heavy (non-hydrogen) atoms. The van der Waals surface area contributed by atoms with Gasteiger partial charge in [0.25, 0.3) is 5.91 Å². The predicted molar refractivity (Wildman–Crippen MR) is 135 cm³/mol. The highest BCUT2D eigenvalue weighted by Gasteiger charge is 2.41. The van der Waals surface area contributed by atoms with Crippen molar-refractivity contribution in [1.82, 2.24) is 14.8 Å². The molecule has 1 unspecified atom stereocenters. The third-order valence-electron chi connectivity index (χ3n) is 7.41. The Kier molecular flexibility index (Phi) is 7.11. The van der Waals surface area contributed by atoms with Gasteiger partial charge in [0.1, 0.15) is 5.00 Å². The molecule has 0 aromatic carbocycles. The van der Waals surface area contributed by atoms with E-state index < -0.39 is 6.04 Å². The Hall–Kier alpha value is -2.12. The Bertz CT molecular complexity index is 1030. The van der Waals surface area contributed by atoms with Gasteiger partial charge in [0.05, 0.1) is 17.4 Å². The second-order valence-electron chi connectivity index (χ2n) is 10.2. The van der Waals surface area contributed by atoms with E-state index in [0.29, 0.717) is 19.6 Å². The van der Waals surface area contributed by atoms with Crippen LogP contribution in [0.15, 0.2) is 18.3 Å². The molecule has 3 aliphatic rings. The van der Waals surface area contributed by atoms with E-state index in [1.807, 2.05) is 37.1 Å². The molecule has 6 nitrogen and oxygen atoms in total. The number of nitrogens with one attached hydrogen (secondary N) is 1. The van der Waals surface area contributed by atoms with Crippen molar-refractivity contribution in [3.63, 3.8) is 0 Å². The van der Waals surface area contributed by atoms with Gasteiger partial charge in [-0.2, -0.15) is 0 Å². The van der Waals surface area contributed by atoms with Gasteiger partial charge in [-0.1, -0.05) is 19.3 Å². The van der Waals surface area contributed by atoms with Crippen LogP contribution in [0.5, 0.6) is 0 Å². The smallest absolute Gasteiger partial charge is 0.258 e. The lowest BCUT2D eigenvalue weighted by atomic mass is 9.94. The number of carbonyl (C=O) groups excluding carboxylic acids is 2. The van der Waals surface area contributed by atoms with Crippen molar-refractivity contribution in [2.75, 3.05) is 13.2 Å². The van der Waals surface area contributed by atoms with E-state index in [1.165, 1.54) is 23.3 Å². The number of hydrogen-bond donors (Lipinski definition) is 1. The van der Waals surface area contributed by atoms with Gasteiger partial charge < -0.3 is 19.5 Å². The standard InChI is InChI=1S/C27H37N3O3S/c1-18(2)33-17-9-16-30-24(25(31)28-19-10-4-3-5-11-19)21-13-8-15-29(21)27-23(26(30)32)20-12-6-7-14-22(20)34-27/h8,13,15,18-19,24H,3-7,9-12,14,16-17H2,1-2H3,(H,28,31). The summed E-state index contributed by atoms with van der Waals surface area (Å²) >= 11 is 1.74. The number of hydrogen-bond acceptors (Lipinski definition) is 4. The summed E-state index contributed by atoms with van der Waals surface area (Å²) in [5, 5.41) is 4.31. The summed E-state index contributed by atoms with van der Waals surface area (Å²) in [6.07, 6.45) is 12.8. The summed E-state index contributed by atoms with van der Waals surface area (Å²) < 4.78 is 7.89. The van der Waals surface area contributed by atoms with Crippen molar-refractivity contribution in [2.45, 2.75) is 96.2 Å². The molecule has 0 radical (unpaired) electrons. The number of carbonyl (C=O) groups is 2. The van der Waals surface area contributed by atoms with E-state index in [-0.39, 0.29) is 24.0 Å². The zero-order valence-corrected chi connectivity index (χ0v) is 21.3. The highest BCUT2D eigenvalue weighted by molar-refractivity contribution is 7.15. The first-order valence-corrected chi connectivity index (χ1v) is 13.9. The van der Waals surface area contributed by atoms with Crippen LogP contribution in [0.4, 0.5) is 0 Å². The Balaban J connectivity index is 1.51. The van der Waals surface area contributed by atoms with Gasteiger partial charge in [0.15, 0.2) is 6.04 Å². The minimum absolute atomic E-state index is 0.00596. The topological polar surface area (TPSA) is 63.6 Å². The first-order chi connectivity index (χ1) is 16.5. The minimum atomic E-state index is -0.623. The number of rotatable bonds is 7. The maximum Gasteiger partial charge on any atom is 0.258 e. The second-order valence-corrected chi connectivity index (χ2v) is 11.3. The Morgan fingerprint density at radius 1 is 1.18 bits per heavy atom. The van der Waals surface area contributed by atoms with Crippen molar-refractivity contribution in [1.29, 1.82) is 0 Å². The molecule has 0 bridgehead atoms. The summed E-state index contributed by atoms with van der Waals surface area (Å²) in [5.74, 6) is -0.0413. The SMILES string of the molecule is CC(C)OCCCN1C(=O)c2c(sc3c2CCCC3)-n2cccc2C1C(=O)NC1CCCCC1. The predicted octanol–water partition coefficient (Wildman–Crippen LogP) is 5.18. The van der Waals surface area contributed by atoms with Gasteiger partial charge in [0, 0.05) is 30.3 Å². The number of ether oxygens (including phenoxy) is 1. The van der Waals surface area contributed by atoms with Crippen molar-refractivity contribution >= 4 is 23.2 Å². The first kappa shape index (κ1) is 23.6. The number of nitrogens with zero attached hydrogens (tertiary/aromatic N) is 2. The van der Waals surface area contributed by atoms with E-state index in [9.17, 15) is 9.59 Å². The third kappa shape index (κ3) is 4.57. The van der Waals surface area contributed by atoms with Crippen LogP contribution in [0, 0.1) is 0 Å². The van der Waals surface area contributed by atoms with E-state index >= 15 is 0 Å². The summed E-state index contributed by atoms with van der Waals surface area (Å²) in [5.41, 5.74) is 2.94. The van der Waals surface area contributed by atoms with E-state index in [4.69, 9.17) is 4.74 Å². The molecule has 1 saturated carbocycles. The fraction of sp³-hybridized carbons (Fsp3) is 0.630. The van der Waals surface area contributed by atoms with Crippen LogP contribution < -0.4 is 5.32 Å². The second kappa shape index (κ2) is 10.2. The van der Waals surface area contributed by atoms with Gasteiger partial charge >= 0.3 is 0 Å². The zero-order valence-electron chi connectivity index (χ0n) is 20.5. The minimum Gasteiger partial charge on any atom is -0.379 e. The van der Waals surface area contributed by atoms with Crippen LogP contribution in [-0.2, 0) is 22.4 Å². The number of aryl methyl sites for hydroxylation is 1. The van der Waals surface area contributed by atoms with Crippen molar-refractivity contribution < 1.29 is 14.3 Å². The van der Waals surface area contributed by atoms with Crippen LogP contribution >= 0.6 is 11.3 Å². The summed E-state index contributed by atoms with van der Waals surface area (Å²) in [4.78, 5) is 31.1. The lowest BCUT2D eigenvalue weighted by molar-refractivity contribution is -0.127. The first-order valence-electron chi connectivity index (χ1n) is 13.1. The van der Waals surface area contributed by atoms with Crippen LogP contribution in [0.2, 0.25) is 0 Å². The zero-order chi connectivity index (χ0) is 23.7. The summed E-state index contributed by atoms with van der Waals surface area (Å²) in [7, 11) is 0. The van der Waals surface area contributed by atoms with Crippen molar-refractivity contribution in [3.05, 3.63) is 40.0 Å². The van der Waals surface area contributed by atoms with Crippen molar-refractivity contribution in [3.8, 4) is 5.00 Å². The van der Waals surface area contributed by atoms with Crippen molar-refractivity contribution in [2.24, 2.45) is 0 Å². The molecule has 2 aromatic rings. The molecule has 3 heterocycles. The fourth-order valence-electron chi connectivity index (χ4n) is 5.75. The summed E-state index contributed by atoms with van der Waals surface area (Å²) in [6, 6.07) is 3.61. The molecule has 2 aromatic heterocycles. The van der Waals surface area contributed by atoms with Gasteiger partial charge in [-0.25, -0.2) is 0 Å². The average molecular weight is 484 g/mol. The molecule has 5 rings (SSSR count). The largest absolute Gasteiger partial charge is 0.379 e. The molecule has 7 heteroatoms. The highest BCUT2D eigenvalue weighted by atomic mass is 32.1. The van der Waals surface area contributed by atoms with Crippen LogP contribution in [-0.4, -0.2) is 46.6 Å². The molecule has 0 spiro atoms. The number of amides is 2. The van der Waals surface area contributed by atoms with Crippen LogP contribution in [0.1, 0.15) is 97.7 Å². The third-order valence-corrected chi connectivity index (χ3v) is 8.70. The molecule has 2 aliphatic carbocycles.